The van der Waals surface area contributed by atoms with Crippen LogP contribution in [-0.2, 0) is 10.0 Å². The lowest BCUT2D eigenvalue weighted by atomic mass is 10.1. The Morgan fingerprint density at radius 1 is 1.14 bits per heavy atom. The van der Waals surface area contributed by atoms with Crippen LogP contribution in [0.15, 0.2) is 53.4 Å². The second-order valence-corrected chi connectivity index (χ2v) is 7.77. The first-order valence-corrected chi connectivity index (χ1v) is 9.59. The maximum absolute atomic E-state index is 12.1. The number of sulfonamides is 1. The molecule has 0 aromatic heterocycles. The number of benzene rings is 2. The van der Waals surface area contributed by atoms with Crippen molar-refractivity contribution in [2.24, 2.45) is 0 Å². The molecule has 0 atom stereocenters. The van der Waals surface area contributed by atoms with Crippen molar-refractivity contribution in [3.8, 4) is 0 Å². The average molecular weight is 356 g/mol. The zero-order chi connectivity index (χ0) is 16.2. The Bertz CT molecular complexity index is 774. The van der Waals surface area contributed by atoms with Gasteiger partial charge in [-0.2, -0.15) is 0 Å². The first-order valence-electron chi connectivity index (χ1n) is 6.33. The summed E-state index contributed by atoms with van der Waals surface area (Å²) in [6.07, 6.45) is 1.08. The number of nitrogens with one attached hydrogen (secondary N) is 1. The minimum absolute atomic E-state index is 0.0455. The Balaban J connectivity index is 2.00. The minimum Gasteiger partial charge on any atom is -0.293 e. The lowest BCUT2D eigenvalue weighted by Crippen LogP contribution is -2.10. The predicted molar refractivity (Wildman–Crippen MR) is 91.4 cm³/mol. The molecule has 1 N–H and O–H groups in total. The van der Waals surface area contributed by atoms with Crippen molar-refractivity contribution in [2.45, 2.75) is 4.90 Å². The van der Waals surface area contributed by atoms with Crippen LogP contribution >= 0.6 is 23.4 Å². The molecule has 0 heterocycles. The lowest BCUT2D eigenvalue weighted by Gasteiger charge is -2.06. The fraction of sp³-hybridized carbons (Fsp3) is 0.133. The third kappa shape index (κ3) is 5.05. The Hall–Kier alpha value is -1.50. The molecule has 0 saturated carbocycles. The largest absolute Gasteiger partial charge is 0.293 e. The van der Waals surface area contributed by atoms with Gasteiger partial charge >= 0.3 is 0 Å². The van der Waals surface area contributed by atoms with Crippen molar-refractivity contribution in [3.05, 3.63) is 59.1 Å². The van der Waals surface area contributed by atoms with Gasteiger partial charge in [-0.3, -0.25) is 9.52 Å². The standard InChI is InChI=1S/C15H14ClNO3S2/c1-22(19,20)17-12-8-6-11(7-9-12)14(18)10-21-15-5-3-2-4-13(15)16/h2-9,17H,10H2,1H3. The normalized spacial score (nSPS) is 11.2. The number of thioether (sulfide) groups is 1. The van der Waals surface area contributed by atoms with Crippen LogP contribution in [0.3, 0.4) is 0 Å². The SMILES string of the molecule is CS(=O)(=O)Nc1ccc(C(=O)CSc2ccccc2Cl)cc1. The third-order valence-electron chi connectivity index (χ3n) is 2.71. The number of hydrogen-bond donors (Lipinski definition) is 1. The molecule has 0 unspecified atom stereocenters. The van der Waals surface area contributed by atoms with Gasteiger partial charge in [0.15, 0.2) is 5.78 Å². The first-order chi connectivity index (χ1) is 10.3. The van der Waals surface area contributed by atoms with Crippen molar-refractivity contribution in [1.82, 2.24) is 0 Å². The molecule has 2 rings (SSSR count). The Labute approximate surface area is 138 Å². The number of carbonyl (C=O) groups excluding carboxylic acids is 1. The summed E-state index contributed by atoms with van der Waals surface area (Å²) in [5.41, 5.74) is 0.955. The summed E-state index contributed by atoms with van der Waals surface area (Å²) >= 11 is 7.41. The van der Waals surface area contributed by atoms with E-state index in [1.54, 1.807) is 30.3 Å². The molecule has 7 heteroatoms. The molecule has 0 spiro atoms. The van der Waals surface area contributed by atoms with Crippen molar-refractivity contribution >= 4 is 44.9 Å². The van der Waals surface area contributed by atoms with E-state index in [0.717, 1.165) is 11.2 Å². The summed E-state index contributed by atoms with van der Waals surface area (Å²) < 4.78 is 24.6. The van der Waals surface area contributed by atoms with E-state index in [0.29, 0.717) is 16.3 Å². The zero-order valence-corrected chi connectivity index (χ0v) is 14.1. The molecule has 2 aromatic rings. The molecule has 2 aromatic carbocycles. The van der Waals surface area contributed by atoms with Crippen molar-refractivity contribution in [3.63, 3.8) is 0 Å². The predicted octanol–water partition coefficient (Wildman–Crippen LogP) is 3.69. The summed E-state index contributed by atoms with van der Waals surface area (Å²) in [7, 11) is -3.31. The van der Waals surface area contributed by atoms with Gasteiger partial charge in [-0.05, 0) is 36.4 Å². The van der Waals surface area contributed by atoms with Gasteiger partial charge < -0.3 is 0 Å². The number of ketones is 1. The molecule has 0 bridgehead atoms. The summed E-state index contributed by atoms with van der Waals surface area (Å²) in [4.78, 5) is 13.0. The topological polar surface area (TPSA) is 63.2 Å². The molecular weight excluding hydrogens is 342 g/mol. The molecule has 22 heavy (non-hydrogen) atoms. The highest BCUT2D eigenvalue weighted by molar-refractivity contribution is 8.00. The summed E-state index contributed by atoms with van der Waals surface area (Å²) in [6.45, 7) is 0. The van der Waals surface area contributed by atoms with E-state index >= 15 is 0 Å². The second kappa shape index (κ2) is 7.17. The molecule has 0 aliphatic rings. The number of Topliss-reactive ketones (excluding diaryl/α,β-unsaturated/α-hetero) is 1. The summed E-state index contributed by atoms with van der Waals surface area (Å²) in [5, 5.41) is 0.619. The molecule has 0 fully saturated rings. The van der Waals surface area contributed by atoms with Crippen LogP contribution in [0, 0.1) is 0 Å². The Morgan fingerprint density at radius 3 is 2.36 bits per heavy atom. The lowest BCUT2D eigenvalue weighted by molar-refractivity contribution is 0.102. The van der Waals surface area contributed by atoms with E-state index in [2.05, 4.69) is 4.72 Å². The van der Waals surface area contributed by atoms with Gasteiger partial charge in [0, 0.05) is 16.1 Å². The van der Waals surface area contributed by atoms with Gasteiger partial charge in [0.2, 0.25) is 10.0 Å². The van der Waals surface area contributed by atoms with Gasteiger partial charge in [-0.25, -0.2) is 8.42 Å². The molecule has 0 aliphatic heterocycles. The van der Waals surface area contributed by atoms with Crippen LogP contribution in [0.4, 0.5) is 5.69 Å². The van der Waals surface area contributed by atoms with E-state index in [1.165, 1.54) is 11.8 Å². The average Bonchev–Trinajstić information content (AvgIpc) is 2.45. The Morgan fingerprint density at radius 2 is 1.77 bits per heavy atom. The fourth-order valence-electron chi connectivity index (χ4n) is 1.73. The zero-order valence-electron chi connectivity index (χ0n) is 11.7. The smallest absolute Gasteiger partial charge is 0.229 e. The van der Waals surface area contributed by atoms with Crippen molar-refractivity contribution in [1.29, 1.82) is 0 Å². The third-order valence-corrected chi connectivity index (χ3v) is 4.83. The van der Waals surface area contributed by atoms with E-state index < -0.39 is 10.0 Å². The Kier molecular flexibility index (Phi) is 5.50. The molecule has 0 aliphatic carbocycles. The van der Waals surface area contributed by atoms with Gasteiger partial charge in [-0.15, -0.1) is 11.8 Å². The van der Waals surface area contributed by atoms with Crippen LogP contribution < -0.4 is 4.72 Å². The minimum atomic E-state index is -3.31. The van der Waals surface area contributed by atoms with Crippen LogP contribution in [0.25, 0.3) is 0 Å². The van der Waals surface area contributed by atoms with E-state index in [4.69, 9.17) is 11.6 Å². The fourth-order valence-corrected chi connectivity index (χ4v) is 3.42. The molecule has 0 radical (unpaired) electrons. The number of rotatable bonds is 6. The van der Waals surface area contributed by atoms with Crippen LogP contribution in [-0.4, -0.2) is 26.2 Å². The maximum Gasteiger partial charge on any atom is 0.229 e. The number of carbonyl (C=O) groups is 1. The molecule has 0 amide bonds. The van der Waals surface area contributed by atoms with E-state index in [9.17, 15) is 13.2 Å². The van der Waals surface area contributed by atoms with E-state index in [1.807, 2.05) is 18.2 Å². The first kappa shape index (κ1) is 16.9. The maximum atomic E-state index is 12.1. The summed E-state index contributed by atoms with van der Waals surface area (Å²) in [5.74, 6) is 0.221. The van der Waals surface area contributed by atoms with E-state index in [-0.39, 0.29) is 11.5 Å². The van der Waals surface area contributed by atoms with Crippen LogP contribution in [0.1, 0.15) is 10.4 Å². The molecular formula is C15H14ClNO3S2. The highest BCUT2D eigenvalue weighted by Gasteiger charge is 2.09. The quantitative estimate of drug-likeness (QED) is 0.634. The number of hydrogen-bond acceptors (Lipinski definition) is 4. The molecule has 4 nitrogen and oxygen atoms in total. The van der Waals surface area contributed by atoms with Gasteiger partial charge in [0.1, 0.15) is 0 Å². The summed E-state index contributed by atoms with van der Waals surface area (Å²) in [6, 6.07) is 13.7. The number of halogens is 1. The van der Waals surface area contributed by atoms with Gasteiger partial charge in [0.25, 0.3) is 0 Å². The van der Waals surface area contributed by atoms with Gasteiger partial charge in [0.05, 0.1) is 17.0 Å². The highest BCUT2D eigenvalue weighted by atomic mass is 35.5. The number of anilines is 1. The molecule has 116 valence electrons. The van der Waals surface area contributed by atoms with Crippen LogP contribution in [0.5, 0.6) is 0 Å². The highest BCUT2D eigenvalue weighted by Crippen LogP contribution is 2.27. The van der Waals surface area contributed by atoms with Crippen molar-refractivity contribution < 1.29 is 13.2 Å². The monoisotopic (exact) mass is 355 g/mol. The van der Waals surface area contributed by atoms with Crippen molar-refractivity contribution in [2.75, 3.05) is 16.7 Å². The van der Waals surface area contributed by atoms with Gasteiger partial charge in [-0.1, -0.05) is 23.7 Å². The van der Waals surface area contributed by atoms with Crippen LogP contribution in [0.2, 0.25) is 5.02 Å². The second-order valence-electron chi connectivity index (χ2n) is 4.59. The molecule has 0 saturated heterocycles.